The average Bonchev–Trinajstić information content (AvgIpc) is 2.82. The molecule has 0 bridgehead atoms. The Morgan fingerprint density at radius 1 is 1.50 bits per heavy atom. The molecule has 0 unspecified atom stereocenters. The first-order valence-electron chi connectivity index (χ1n) is 5.37. The minimum atomic E-state index is -4.38. The number of guanidine groups is 1. The molecule has 0 saturated heterocycles. The maximum Gasteiger partial charge on any atom is 0.434 e. The van der Waals surface area contributed by atoms with Gasteiger partial charge in [-0.25, -0.2) is 4.98 Å². The van der Waals surface area contributed by atoms with Gasteiger partial charge in [0.25, 0.3) is 0 Å². The summed E-state index contributed by atoms with van der Waals surface area (Å²) in [5.74, 6) is 2.90. The summed E-state index contributed by atoms with van der Waals surface area (Å²) in [5, 5.41) is 7.21. The van der Waals surface area contributed by atoms with E-state index in [2.05, 4.69) is 26.5 Å². The second kappa shape index (κ2) is 9.02. The van der Waals surface area contributed by atoms with E-state index in [1.165, 1.54) is 0 Å². The summed E-state index contributed by atoms with van der Waals surface area (Å²) in [5.41, 5.74) is -0.845. The molecular weight excluding hydrogens is 404 g/mol. The first-order valence-corrected chi connectivity index (χ1v) is 6.25. The fourth-order valence-corrected chi connectivity index (χ4v) is 2.00. The normalized spacial score (nSPS) is 11.4. The molecule has 112 valence electrons. The van der Waals surface area contributed by atoms with E-state index in [4.69, 9.17) is 6.42 Å². The molecule has 0 aromatic carbocycles. The van der Waals surface area contributed by atoms with Crippen LogP contribution in [0.25, 0.3) is 0 Å². The first kappa shape index (κ1) is 19.0. The summed E-state index contributed by atoms with van der Waals surface area (Å²) in [6, 6.07) is 0. The van der Waals surface area contributed by atoms with Crippen LogP contribution in [0.4, 0.5) is 13.2 Å². The van der Waals surface area contributed by atoms with Crippen molar-refractivity contribution in [3.05, 3.63) is 16.1 Å². The predicted molar refractivity (Wildman–Crippen MR) is 84.4 cm³/mol. The van der Waals surface area contributed by atoms with Gasteiger partial charge in [0.15, 0.2) is 11.7 Å². The van der Waals surface area contributed by atoms with Crippen LogP contribution in [-0.4, -0.2) is 31.1 Å². The van der Waals surface area contributed by atoms with Crippen molar-refractivity contribution in [3.8, 4) is 12.3 Å². The quantitative estimate of drug-likeness (QED) is 0.341. The minimum Gasteiger partial charge on any atom is -0.356 e. The molecule has 0 fully saturated rings. The highest BCUT2D eigenvalue weighted by atomic mass is 127. The molecule has 1 heterocycles. The van der Waals surface area contributed by atoms with Gasteiger partial charge >= 0.3 is 6.18 Å². The van der Waals surface area contributed by atoms with Crippen molar-refractivity contribution in [2.45, 2.75) is 12.6 Å². The van der Waals surface area contributed by atoms with Crippen LogP contribution in [0.2, 0.25) is 0 Å². The number of thiazole rings is 1. The highest BCUT2D eigenvalue weighted by Crippen LogP contribution is 2.29. The number of aliphatic imine (C=N–C) groups is 1. The van der Waals surface area contributed by atoms with Crippen molar-refractivity contribution >= 4 is 41.3 Å². The fourth-order valence-electron chi connectivity index (χ4n) is 1.20. The molecule has 20 heavy (non-hydrogen) atoms. The molecule has 0 aliphatic heterocycles. The summed E-state index contributed by atoms with van der Waals surface area (Å²) in [6.07, 6.45) is 1.09. The number of aromatic nitrogens is 1. The lowest BCUT2D eigenvalue weighted by Gasteiger charge is -2.08. The Morgan fingerprint density at radius 2 is 2.20 bits per heavy atom. The van der Waals surface area contributed by atoms with Crippen LogP contribution >= 0.6 is 35.3 Å². The zero-order chi connectivity index (χ0) is 14.3. The number of halogens is 4. The molecule has 1 rings (SSSR count). The third kappa shape index (κ3) is 6.42. The molecule has 1 aromatic rings. The van der Waals surface area contributed by atoms with Gasteiger partial charge in [-0.1, -0.05) is 5.92 Å². The van der Waals surface area contributed by atoms with Gasteiger partial charge < -0.3 is 10.6 Å². The van der Waals surface area contributed by atoms with Gasteiger partial charge in [0.05, 0.1) is 11.6 Å². The maximum absolute atomic E-state index is 12.3. The van der Waals surface area contributed by atoms with Crippen LogP contribution in [0.1, 0.15) is 10.7 Å². The Balaban J connectivity index is 0.00000361. The third-order valence-electron chi connectivity index (χ3n) is 2.05. The van der Waals surface area contributed by atoms with Crippen LogP contribution in [-0.2, 0) is 12.6 Å². The summed E-state index contributed by atoms with van der Waals surface area (Å²) in [4.78, 5) is 7.43. The van der Waals surface area contributed by atoms with Gasteiger partial charge in [0, 0.05) is 25.4 Å². The van der Waals surface area contributed by atoms with Crippen LogP contribution < -0.4 is 10.6 Å². The lowest BCUT2D eigenvalue weighted by atomic mass is 10.4. The van der Waals surface area contributed by atoms with Gasteiger partial charge in [-0.15, -0.1) is 41.7 Å². The van der Waals surface area contributed by atoms with Gasteiger partial charge in [-0.3, -0.25) is 4.99 Å². The van der Waals surface area contributed by atoms with Gasteiger partial charge in [-0.2, -0.15) is 13.2 Å². The largest absolute Gasteiger partial charge is 0.434 e. The zero-order valence-electron chi connectivity index (χ0n) is 10.6. The second-order valence-electron chi connectivity index (χ2n) is 3.43. The Morgan fingerprint density at radius 3 is 2.70 bits per heavy atom. The highest BCUT2D eigenvalue weighted by Gasteiger charge is 2.33. The van der Waals surface area contributed by atoms with E-state index in [9.17, 15) is 13.2 Å². The van der Waals surface area contributed by atoms with Gasteiger partial charge in [-0.05, 0) is 0 Å². The number of rotatable bonds is 4. The molecule has 0 amide bonds. The lowest BCUT2D eigenvalue weighted by molar-refractivity contribution is -0.140. The van der Waals surface area contributed by atoms with E-state index >= 15 is 0 Å². The smallest absolute Gasteiger partial charge is 0.356 e. The van der Waals surface area contributed by atoms with E-state index in [1.54, 1.807) is 7.05 Å². The Kier molecular flexibility index (Phi) is 8.56. The molecule has 4 nitrogen and oxygen atoms in total. The van der Waals surface area contributed by atoms with Crippen molar-refractivity contribution in [2.75, 3.05) is 20.1 Å². The van der Waals surface area contributed by atoms with Crippen molar-refractivity contribution in [2.24, 2.45) is 4.99 Å². The van der Waals surface area contributed by atoms with Crippen LogP contribution in [0.15, 0.2) is 10.4 Å². The number of terminal acetylenes is 1. The van der Waals surface area contributed by atoms with Gasteiger partial charge in [0.2, 0.25) is 0 Å². The SMILES string of the molecule is C#CCNC(=NC)NCCc1nc(C(F)(F)F)cs1.I. The Hall–Kier alpha value is -1.02. The van der Waals surface area contributed by atoms with E-state index in [-0.39, 0.29) is 24.0 Å². The topological polar surface area (TPSA) is 49.3 Å². The van der Waals surface area contributed by atoms with Crippen molar-refractivity contribution in [1.82, 2.24) is 15.6 Å². The fraction of sp³-hybridized carbons (Fsp3) is 0.455. The molecule has 9 heteroatoms. The van der Waals surface area contributed by atoms with E-state index in [0.29, 0.717) is 30.5 Å². The summed E-state index contributed by atoms with van der Waals surface area (Å²) >= 11 is 0.990. The van der Waals surface area contributed by atoms with E-state index in [1.807, 2.05) is 0 Å². The average molecular weight is 418 g/mol. The van der Waals surface area contributed by atoms with Gasteiger partial charge in [0.1, 0.15) is 0 Å². The molecule has 0 aliphatic carbocycles. The van der Waals surface area contributed by atoms with E-state index < -0.39 is 11.9 Å². The Labute approximate surface area is 136 Å². The van der Waals surface area contributed by atoms with Crippen LogP contribution in [0.3, 0.4) is 0 Å². The third-order valence-corrected chi connectivity index (χ3v) is 2.96. The minimum absolute atomic E-state index is 0. The highest BCUT2D eigenvalue weighted by molar-refractivity contribution is 14.0. The van der Waals surface area contributed by atoms with Crippen LogP contribution in [0, 0.1) is 12.3 Å². The standard InChI is InChI=1S/C11H13F3N4S.HI/c1-3-5-16-10(15-2)17-6-4-9-18-8(7-19-9)11(12,13)14;/h1,7H,4-6H2,2H3,(H2,15,16,17);1H. The van der Waals surface area contributed by atoms with Crippen molar-refractivity contribution in [1.29, 1.82) is 0 Å². The molecular formula is C11H14F3IN4S. The first-order chi connectivity index (χ1) is 8.97. The lowest BCUT2D eigenvalue weighted by Crippen LogP contribution is -2.38. The molecule has 0 saturated carbocycles. The molecule has 0 aliphatic rings. The number of nitrogens with one attached hydrogen (secondary N) is 2. The maximum atomic E-state index is 12.3. The summed E-state index contributed by atoms with van der Waals surface area (Å²) < 4.78 is 37.0. The number of alkyl halides is 3. The summed E-state index contributed by atoms with van der Waals surface area (Å²) in [7, 11) is 1.58. The molecule has 0 radical (unpaired) electrons. The predicted octanol–water partition coefficient (Wildman–Crippen LogP) is 2.12. The summed E-state index contributed by atoms with van der Waals surface area (Å²) in [6.45, 7) is 0.754. The van der Waals surface area contributed by atoms with E-state index in [0.717, 1.165) is 16.7 Å². The zero-order valence-corrected chi connectivity index (χ0v) is 13.8. The number of hydrogen-bond donors (Lipinski definition) is 2. The Bertz CT molecular complexity index is 479. The number of nitrogens with zero attached hydrogens (tertiary/aromatic N) is 2. The number of hydrogen-bond acceptors (Lipinski definition) is 3. The molecule has 0 spiro atoms. The van der Waals surface area contributed by atoms with Crippen molar-refractivity contribution in [3.63, 3.8) is 0 Å². The van der Waals surface area contributed by atoms with Crippen LogP contribution in [0.5, 0.6) is 0 Å². The monoisotopic (exact) mass is 418 g/mol. The van der Waals surface area contributed by atoms with Crippen molar-refractivity contribution < 1.29 is 13.2 Å². The second-order valence-corrected chi connectivity index (χ2v) is 4.37. The molecule has 2 N–H and O–H groups in total. The molecule has 0 atom stereocenters. The molecule has 1 aromatic heterocycles.